The fourth-order valence-electron chi connectivity index (χ4n) is 2.61. The van der Waals surface area contributed by atoms with Crippen LogP contribution in [0.5, 0.6) is 0 Å². The van der Waals surface area contributed by atoms with Gasteiger partial charge in [0, 0.05) is 18.8 Å². The van der Waals surface area contributed by atoms with Gasteiger partial charge in [0.1, 0.15) is 6.10 Å². The lowest BCUT2D eigenvalue weighted by Crippen LogP contribution is -2.17. The summed E-state index contributed by atoms with van der Waals surface area (Å²) in [6.45, 7) is 3.10. The monoisotopic (exact) mass is 394 g/mol. The number of ether oxygens (including phenoxy) is 1. The Hall–Kier alpha value is -2.54. The van der Waals surface area contributed by atoms with Crippen molar-refractivity contribution in [2.45, 2.75) is 31.3 Å². The van der Waals surface area contributed by atoms with Crippen molar-refractivity contribution in [1.82, 2.24) is 0 Å². The van der Waals surface area contributed by atoms with Crippen molar-refractivity contribution in [3.05, 3.63) is 65.2 Å². The van der Waals surface area contributed by atoms with Crippen molar-refractivity contribution in [2.24, 2.45) is 0 Å². The highest BCUT2D eigenvalue weighted by Crippen LogP contribution is 2.27. The predicted octanol–water partition coefficient (Wildman–Crippen LogP) is 4.25. The molecule has 0 heterocycles. The van der Waals surface area contributed by atoms with Crippen LogP contribution in [0.4, 0.5) is 8.78 Å². The largest absolute Gasteiger partial charge is 0.458 e. The fraction of sp³-hybridized carbons (Fsp3) is 0.250. The van der Waals surface area contributed by atoms with Crippen LogP contribution >= 0.6 is 0 Å². The minimum atomic E-state index is -3.36. The molecule has 0 amide bonds. The first-order valence-corrected chi connectivity index (χ1v) is 10.1. The normalized spacial score (nSPS) is 13.3. The Morgan fingerprint density at radius 1 is 1.11 bits per heavy atom. The third-order valence-corrected chi connectivity index (χ3v) is 5.04. The first kappa shape index (κ1) is 20.8. The molecular weight excluding hydrogens is 374 g/mol. The summed E-state index contributed by atoms with van der Waals surface area (Å²) in [7, 11) is -3.36. The Morgan fingerprint density at radius 3 is 2.22 bits per heavy atom. The standard InChI is InChI=1S/C20H20F2O4S/c1-4-20(26-13(2)23)17(11-14-5-10-18(21)19(22)12-14)15-6-8-16(9-7-15)27(3,24)25/h5-12,20H,4H2,1-3H3/b17-11+/t20-/m1/s1. The molecule has 0 fully saturated rings. The number of carbonyl (C=O) groups is 1. The molecule has 27 heavy (non-hydrogen) atoms. The van der Waals surface area contributed by atoms with E-state index in [2.05, 4.69) is 0 Å². The third kappa shape index (κ3) is 5.47. The van der Waals surface area contributed by atoms with Gasteiger partial charge in [-0.3, -0.25) is 4.79 Å². The molecule has 0 radical (unpaired) electrons. The van der Waals surface area contributed by atoms with Crippen molar-refractivity contribution in [3.8, 4) is 0 Å². The summed E-state index contributed by atoms with van der Waals surface area (Å²) < 4.78 is 55.4. The minimum Gasteiger partial charge on any atom is -0.458 e. The molecule has 2 rings (SSSR count). The molecule has 0 saturated heterocycles. The lowest BCUT2D eigenvalue weighted by atomic mass is 9.96. The van der Waals surface area contributed by atoms with Crippen molar-refractivity contribution >= 4 is 27.5 Å². The molecule has 4 nitrogen and oxygen atoms in total. The lowest BCUT2D eigenvalue weighted by Gasteiger charge is -2.20. The zero-order chi connectivity index (χ0) is 20.2. The predicted molar refractivity (Wildman–Crippen MR) is 99.6 cm³/mol. The van der Waals surface area contributed by atoms with Crippen molar-refractivity contribution in [1.29, 1.82) is 0 Å². The molecule has 0 aliphatic rings. The number of hydrogen-bond acceptors (Lipinski definition) is 4. The molecule has 0 aliphatic carbocycles. The van der Waals surface area contributed by atoms with Gasteiger partial charge in [0.2, 0.25) is 0 Å². The molecule has 0 spiro atoms. The number of esters is 1. The molecule has 1 atom stereocenters. The van der Waals surface area contributed by atoms with E-state index >= 15 is 0 Å². The number of benzene rings is 2. The molecular formula is C20H20F2O4S. The summed E-state index contributed by atoms with van der Waals surface area (Å²) >= 11 is 0. The minimum absolute atomic E-state index is 0.152. The van der Waals surface area contributed by atoms with E-state index in [1.54, 1.807) is 18.2 Å². The van der Waals surface area contributed by atoms with Crippen LogP contribution in [0, 0.1) is 11.6 Å². The Balaban J connectivity index is 2.56. The molecule has 0 saturated carbocycles. The van der Waals surface area contributed by atoms with Crippen LogP contribution < -0.4 is 0 Å². The second kappa shape index (κ2) is 8.43. The van der Waals surface area contributed by atoms with E-state index in [4.69, 9.17) is 4.74 Å². The molecule has 0 aliphatic heterocycles. The highest BCUT2D eigenvalue weighted by atomic mass is 32.2. The number of carbonyl (C=O) groups excluding carboxylic acids is 1. The lowest BCUT2D eigenvalue weighted by molar-refractivity contribution is -0.143. The summed E-state index contributed by atoms with van der Waals surface area (Å²) in [6, 6.07) is 9.54. The first-order chi connectivity index (χ1) is 12.6. The van der Waals surface area contributed by atoms with Crippen molar-refractivity contribution in [3.63, 3.8) is 0 Å². The topological polar surface area (TPSA) is 60.4 Å². The van der Waals surface area contributed by atoms with E-state index in [1.807, 2.05) is 6.92 Å². The summed E-state index contributed by atoms with van der Waals surface area (Å²) in [5.41, 5.74) is 1.56. The maximum absolute atomic E-state index is 13.6. The smallest absolute Gasteiger partial charge is 0.303 e. The molecule has 2 aromatic rings. The molecule has 2 aromatic carbocycles. The van der Waals surface area contributed by atoms with Gasteiger partial charge in [-0.15, -0.1) is 0 Å². The van der Waals surface area contributed by atoms with Gasteiger partial charge in [-0.25, -0.2) is 17.2 Å². The Morgan fingerprint density at radius 2 is 1.74 bits per heavy atom. The quantitative estimate of drug-likeness (QED) is 0.543. The van der Waals surface area contributed by atoms with Crippen LogP contribution in [0.3, 0.4) is 0 Å². The van der Waals surface area contributed by atoms with Gasteiger partial charge in [-0.2, -0.15) is 0 Å². The first-order valence-electron chi connectivity index (χ1n) is 8.26. The van der Waals surface area contributed by atoms with Gasteiger partial charge in [0.25, 0.3) is 0 Å². The van der Waals surface area contributed by atoms with Gasteiger partial charge in [0.15, 0.2) is 21.5 Å². The van der Waals surface area contributed by atoms with E-state index in [1.165, 1.54) is 25.1 Å². The van der Waals surface area contributed by atoms with E-state index in [0.29, 0.717) is 23.1 Å². The van der Waals surface area contributed by atoms with Crippen LogP contribution in [0.25, 0.3) is 11.6 Å². The Bertz CT molecular complexity index is 964. The Labute approximate surface area is 157 Å². The van der Waals surface area contributed by atoms with Gasteiger partial charge in [-0.1, -0.05) is 25.1 Å². The average molecular weight is 394 g/mol. The van der Waals surface area contributed by atoms with Crippen LogP contribution in [0.1, 0.15) is 31.4 Å². The maximum atomic E-state index is 13.6. The number of hydrogen-bond donors (Lipinski definition) is 0. The molecule has 7 heteroatoms. The van der Waals surface area contributed by atoms with Crippen LogP contribution in [0.15, 0.2) is 47.4 Å². The SMILES string of the molecule is CC[C@@H](OC(C)=O)/C(=C/c1ccc(F)c(F)c1)c1ccc(S(C)(=O)=O)cc1. The third-order valence-electron chi connectivity index (χ3n) is 3.91. The van der Waals surface area contributed by atoms with Gasteiger partial charge in [-0.05, 0) is 47.9 Å². The average Bonchev–Trinajstić information content (AvgIpc) is 2.60. The second-order valence-corrected chi connectivity index (χ2v) is 8.09. The summed E-state index contributed by atoms with van der Waals surface area (Å²) in [6.07, 6.45) is 2.52. The van der Waals surface area contributed by atoms with E-state index < -0.39 is 33.5 Å². The number of halogens is 2. The number of sulfone groups is 1. The van der Waals surface area contributed by atoms with Crippen molar-refractivity contribution < 1.29 is 26.7 Å². The molecule has 0 bridgehead atoms. The highest BCUT2D eigenvalue weighted by Gasteiger charge is 2.19. The van der Waals surface area contributed by atoms with E-state index in [9.17, 15) is 22.0 Å². The summed E-state index contributed by atoms with van der Waals surface area (Å²) in [5, 5.41) is 0. The maximum Gasteiger partial charge on any atom is 0.303 e. The van der Waals surface area contributed by atoms with Crippen LogP contribution in [-0.4, -0.2) is 26.7 Å². The zero-order valence-electron chi connectivity index (χ0n) is 15.2. The summed E-state index contributed by atoms with van der Waals surface area (Å²) in [4.78, 5) is 11.6. The van der Waals surface area contributed by atoms with Crippen molar-refractivity contribution in [2.75, 3.05) is 6.26 Å². The summed E-state index contributed by atoms with van der Waals surface area (Å²) in [5.74, 6) is -2.43. The van der Waals surface area contributed by atoms with Gasteiger partial charge < -0.3 is 4.74 Å². The molecule has 0 aromatic heterocycles. The molecule has 0 N–H and O–H groups in total. The number of rotatable bonds is 6. The van der Waals surface area contributed by atoms with Crippen LogP contribution in [0.2, 0.25) is 0 Å². The highest BCUT2D eigenvalue weighted by molar-refractivity contribution is 7.90. The van der Waals surface area contributed by atoms with Gasteiger partial charge >= 0.3 is 5.97 Å². The van der Waals surface area contributed by atoms with E-state index in [-0.39, 0.29) is 4.90 Å². The second-order valence-electron chi connectivity index (χ2n) is 6.08. The van der Waals surface area contributed by atoms with E-state index in [0.717, 1.165) is 18.4 Å². The molecule has 0 unspecified atom stereocenters. The zero-order valence-corrected chi connectivity index (χ0v) is 16.0. The van der Waals surface area contributed by atoms with Gasteiger partial charge in [0.05, 0.1) is 4.90 Å². The fourth-order valence-corrected chi connectivity index (χ4v) is 3.24. The molecule has 144 valence electrons. The Kier molecular flexibility index (Phi) is 6.49. The van der Waals surface area contributed by atoms with Crippen LogP contribution in [-0.2, 0) is 19.4 Å².